The molecular formula is C12H21Cl2NO3. The Morgan fingerprint density at radius 3 is 2.67 bits per heavy atom. The van der Waals surface area contributed by atoms with Gasteiger partial charge in [0.1, 0.15) is 0 Å². The highest BCUT2D eigenvalue weighted by Crippen LogP contribution is 2.32. The summed E-state index contributed by atoms with van der Waals surface area (Å²) >= 11 is 12.2. The molecule has 0 spiro atoms. The van der Waals surface area contributed by atoms with Crippen LogP contribution in [-0.4, -0.2) is 70.9 Å². The normalized spacial score (nSPS) is 43.0. The molecule has 5 atom stereocenters. The molecule has 1 aliphatic heterocycles. The maximum atomic E-state index is 10.1. The van der Waals surface area contributed by atoms with Crippen LogP contribution >= 0.6 is 23.2 Å². The Labute approximate surface area is 118 Å². The van der Waals surface area contributed by atoms with Crippen molar-refractivity contribution in [3.05, 3.63) is 0 Å². The molecule has 0 amide bonds. The molecule has 1 heterocycles. The molecule has 0 aromatic rings. The summed E-state index contributed by atoms with van der Waals surface area (Å²) in [6.45, 7) is 3.05. The van der Waals surface area contributed by atoms with Gasteiger partial charge in [-0.25, -0.2) is 0 Å². The van der Waals surface area contributed by atoms with Crippen molar-refractivity contribution in [3.8, 4) is 0 Å². The van der Waals surface area contributed by atoms with Crippen molar-refractivity contribution >= 4 is 23.2 Å². The Morgan fingerprint density at radius 2 is 1.94 bits per heavy atom. The predicted molar refractivity (Wildman–Crippen MR) is 71.3 cm³/mol. The van der Waals surface area contributed by atoms with E-state index in [0.717, 1.165) is 26.1 Å². The Kier molecular flexibility index (Phi) is 5.54. The molecule has 5 unspecified atom stereocenters. The minimum absolute atomic E-state index is 0.0472. The van der Waals surface area contributed by atoms with Gasteiger partial charge in [0, 0.05) is 19.6 Å². The highest BCUT2D eigenvalue weighted by atomic mass is 35.5. The van der Waals surface area contributed by atoms with Crippen molar-refractivity contribution < 1.29 is 14.9 Å². The fourth-order valence-electron chi connectivity index (χ4n) is 2.75. The average molecular weight is 298 g/mol. The molecule has 1 aliphatic carbocycles. The third kappa shape index (κ3) is 3.71. The summed E-state index contributed by atoms with van der Waals surface area (Å²) in [6, 6.07) is 0. The minimum Gasteiger partial charge on any atom is -0.394 e. The van der Waals surface area contributed by atoms with Gasteiger partial charge in [0.15, 0.2) is 0 Å². The minimum atomic E-state index is -0.377. The average Bonchev–Trinajstić information content (AvgIpc) is 2.36. The second kappa shape index (κ2) is 6.73. The molecule has 106 valence electrons. The number of aliphatic hydroxyl groups is 2. The molecule has 18 heavy (non-hydrogen) atoms. The third-order valence-electron chi connectivity index (χ3n) is 3.85. The van der Waals surface area contributed by atoms with Crippen LogP contribution in [0.15, 0.2) is 0 Å². The quantitative estimate of drug-likeness (QED) is 0.752. The summed E-state index contributed by atoms with van der Waals surface area (Å²) in [4.78, 5) is 2.23. The molecule has 0 radical (unpaired) electrons. The van der Waals surface area contributed by atoms with E-state index in [9.17, 15) is 5.11 Å². The van der Waals surface area contributed by atoms with E-state index in [-0.39, 0.29) is 35.5 Å². The fraction of sp³-hybridized carbons (Fsp3) is 1.00. The van der Waals surface area contributed by atoms with E-state index in [1.54, 1.807) is 0 Å². The van der Waals surface area contributed by atoms with Gasteiger partial charge in [-0.15, -0.1) is 23.2 Å². The van der Waals surface area contributed by atoms with Gasteiger partial charge in [-0.05, 0) is 18.8 Å². The SMILES string of the molecule is OCC1CN(CC2CC(Cl)C(Cl)CC2O)CCO1. The van der Waals surface area contributed by atoms with Crippen molar-refractivity contribution in [1.29, 1.82) is 0 Å². The van der Waals surface area contributed by atoms with Crippen molar-refractivity contribution in [3.63, 3.8) is 0 Å². The molecule has 2 rings (SSSR count). The molecular weight excluding hydrogens is 277 g/mol. The summed E-state index contributed by atoms with van der Waals surface area (Å²) < 4.78 is 5.41. The number of alkyl halides is 2. The van der Waals surface area contributed by atoms with E-state index in [2.05, 4.69) is 4.90 Å². The molecule has 1 saturated carbocycles. The lowest BCUT2D eigenvalue weighted by Crippen LogP contribution is -2.49. The maximum absolute atomic E-state index is 10.1. The van der Waals surface area contributed by atoms with Gasteiger partial charge in [-0.3, -0.25) is 4.90 Å². The first kappa shape index (κ1) is 14.8. The van der Waals surface area contributed by atoms with Crippen molar-refractivity contribution in [2.45, 2.75) is 35.8 Å². The van der Waals surface area contributed by atoms with Crippen molar-refractivity contribution in [1.82, 2.24) is 4.90 Å². The lowest BCUT2D eigenvalue weighted by atomic mass is 9.85. The van der Waals surface area contributed by atoms with E-state index >= 15 is 0 Å². The zero-order chi connectivity index (χ0) is 13.1. The zero-order valence-corrected chi connectivity index (χ0v) is 11.9. The molecule has 2 aliphatic rings. The van der Waals surface area contributed by atoms with Gasteiger partial charge in [0.25, 0.3) is 0 Å². The van der Waals surface area contributed by atoms with E-state index < -0.39 is 0 Å². The molecule has 0 aromatic carbocycles. The van der Waals surface area contributed by atoms with Gasteiger partial charge in [-0.1, -0.05) is 0 Å². The van der Waals surface area contributed by atoms with Crippen LogP contribution in [0.25, 0.3) is 0 Å². The second-order valence-electron chi connectivity index (χ2n) is 5.27. The lowest BCUT2D eigenvalue weighted by Gasteiger charge is -2.39. The largest absolute Gasteiger partial charge is 0.394 e. The van der Waals surface area contributed by atoms with Gasteiger partial charge < -0.3 is 14.9 Å². The molecule has 2 N–H and O–H groups in total. The monoisotopic (exact) mass is 297 g/mol. The molecule has 2 fully saturated rings. The number of halogens is 2. The van der Waals surface area contributed by atoms with E-state index in [1.165, 1.54) is 0 Å². The van der Waals surface area contributed by atoms with E-state index in [0.29, 0.717) is 13.0 Å². The van der Waals surface area contributed by atoms with Crippen LogP contribution in [0.1, 0.15) is 12.8 Å². The second-order valence-corrected chi connectivity index (χ2v) is 6.39. The highest BCUT2D eigenvalue weighted by Gasteiger charge is 2.35. The van der Waals surface area contributed by atoms with Gasteiger partial charge in [0.2, 0.25) is 0 Å². The van der Waals surface area contributed by atoms with Crippen LogP contribution < -0.4 is 0 Å². The first-order chi connectivity index (χ1) is 8.60. The van der Waals surface area contributed by atoms with Crippen LogP contribution in [0.5, 0.6) is 0 Å². The summed E-state index contributed by atoms with van der Waals surface area (Å²) in [5.41, 5.74) is 0. The van der Waals surface area contributed by atoms with Gasteiger partial charge in [-0.2, -0.15) is 0 Å². The lowest BCUT2D eigenvalue weighted by molar-refractivity contribution is -0.0637. The molecule has 0 aromatic heterocycles. The molecule has 0 bridgehead atoms. The maximum Gasteiger partial charge on any atom is 0.0932 e. The fourth-order valence-corrected chi connectivity index (χ4v) is 3.37. The van der Waals surface area contributed by atoms with Crippen LogP contribution in [0.2, 0.25) is 0 Å². The number of ether oxygens (including phenoxy) is 1. The predicted octanol–water partition coefficient (Wildman–Crippen LogP) is 0.665. The first-order valence-electron chi connectivity index (χ1n) is 6.51. The number of hydrogen-bond acceptors (Lipinski definition) is 4. The van der Waals surface area contributed by atoms with E-state index in [1.807, 2.05) is 0 Å². The Balaban J connectivity index is 1.84. The van der Waals surface area contributed by atoms with Gasteiger partial charge in [0.05, 0.1) is 36.2 Å². The number of hydrogen-bond donors (Lipinski definition) is 2. The van der Waals surface area contributed by atoms with Crippen molar-refractivity contribution in [2.24, 2.45) is 5.92 Å². The van der Waals surface area contributed by atoms with Crippen molar-refractivity contribution in [2.75, 3.05) is 32.8 Å². The summed E-state index contributed by atoms with van der Waals surface area (Å²) in [5.74, 6) is 0.167. The molecule has 4 nitrogen and oxygen atoms in total. The van der Waals surface area contributed by atoms with Crippen LogP contribution in [0.3, 0.4) is 0 Å². The van der Waals surface area contributed by atoms with E-state index in [4.69, 9.17) is 33.0 Å². The number of nitrogens with zero attached hydrogens (tertiary/aromatic N) is 1. The summed E-state index contributed by atoms with van der Waals surface area (Å²) in [5, 5.41) is 19.0. The highest BCUT2D eigenvalue weighted by molar-refractivity contribution is 6.30. The smallest absolute Gasteiger partial charge is 0.0932 e. The zero-order valence-electron chi connectivity index (χ0n) is 10.3. The summed E-state index contributed by atoms with van der Waals surface area (Å²) in [7, 11) is 0. The standard InChI is InChI=1S/C12H21Cl2NO3/c13-10-3-8(12(17)4-11(10)14)5-15-1-2-18-9(6-15)7-16/h8-12,16-17H,1-7H2. The number of aliphatic hydroxyl groups excluding tert-OH is 2. The first-order valence-corrected chi connectivity index (χ1v) is 7.38. The topological polar surface area (TPSA) is 52.9 Å². The molecule has 1 saturated heterocycles. The van der Waals surface area contributed by atoms with Crippen LogP contribution in [-0.2, 0) is 4.74 Å². The third-order valence-corrected chi connectivity index (χ3v) is 4.94. The Morgan fingerprint density at radius 1 is 1.22 bits per heavy atom. The Hall–Kier alpha value is 0.420. The van der Waals surface area contributed by atoms with Gasteiger partial charge >= 0.3 is 0 Å². The summed E-state index contributed by atoms with van der Waals surface area (Å²) in [6.07, 6.45) is 0.830. The Bertz CT molecular complexity index is 270. The number of rotatable bonds is 3. The molecule has 6 heteroatoms. The number of morpholine rings is 1. The van der Waals surface area contributed by atoms with Crippen LogP contribution in [0, 0.1) is 5.92 Å². The van der Waals surface area contributed by atoms with Crippen LogP contribution in [0.4, 0.5) is 0 Å².